The number of rotatable bonds is 7. The molecule has 1 fully saturated rings. The normalized spacial score (nSPS) is 14.6. The van der Waals surface area contributed by atoms with Crippen LogP contribution in [0.2, 0.25) is 0 Å². The third kappa shape index (κ3) is 4.85. The molecule has 0 saturated heterocycles. The lowest BCUT2D eigenvalue weighted by atomic mass is 10.0. The Morgan fingerprint density at radius 2 is 1.82 bits per heavy atom. The fourth-order valence-corrected chi connectivity index (χ4v) is 4.29. The summed E-state index contributed by atoms with van der Waals surface area (Å²) in [5, 5.41) is 0. The lowest BCUT2D eigenvalue weighted by Gasteiger charge is -2.19. The van der Waals surface area contributed by atoms with Gasteiger partial charge in [-0.25, -0.2) is 0 Å². The third-order valence-corrected chi connectivity index (χ3v) is 6.57. The predicted octanol–water partition coefficient (Wildman–Crippen LogP) is 5.04. The van der Waals surface area contributed by atoms with Crippen LogP contribution in [0.4, 0.5) is 0 Å². The van der Waals surface area contributed by atoms with E-state index in [4.69, 9.17) is 19.0 Å². The molecule has 5 rings (SSSR count). The van der Waals surface area contributed by atoms with Gasteiger partial charge in [-0.1, -0.05) is 18.2 Å². The van der Waals surface area contributed by atoms with Crippen molar-refractivity contribution in [1.29, 1.82) is 0 Å². The first-order valence-electron chi connectivity index (χ1n) is 11.1. The van der Waals surface area contributed by atoms with Crippen molar-refractivity contribution in [1.82, 2.24) is 15.4 Å². The van der Waals surface area contributed by atoms with Crippen molar-refractivity contribution in [2.45, 2.75) is 33.2 Å². The zero-order valence-corrected chi connectivity index (χ0v) is 20.5. The third-order valence-electron chi connectivity index (χ3n) is 5.75. The molecule has 2 aromatic carbocycles. The molecule has 0 atom stereocenters. The number of nitrogens with one attached hydrogen (secondary N) is 1. The molecule has 1 saturated carbocycles. The van der Waals surface area contributed by atoms with Crippen LogP contribution in [0.15, 0.2) is 40.9 Å². The molecule has 0 spiro atoms. The fourth-order valence-electron chi connectivity index (χ4n) is 3.71. The van der Waals surface area contributed by atoms with Gasteiger partial charge in [0.1, 0.15) is 19.0 Å². The number of halogens is 1. The van der Waals surface area contributed by atoms with Crippen molar-refractivity contribution in [3.05, 3.63) is 57.8 Å². The van der Waals surface area contributed by atoms with Gasteiger partial charge >= 0.3 is 12.0 Å². The molecule has 9 heteroatoms. The van der Waals surface area contributed by atoms with E-state index < -0.39 is 0 Å². The van der Waals surface area contributed by atoms with Gasteiger partial charge < -0.3 is 19.0 Å². The summed E-state index contributed by atoms with van der Waals surface area (Å²) in [6, 6.07) is 11.9. The highest BCUT2D eigenvalue weighted by molar-refractivity contribution is 9.10. The van der Waals surface area contributed by atoms with Crippen LogP contribution in [-0.2, 0) is 16.2 Å². The average Bonchev–Trinajstić information content (AvgIpc) is 3.67. The number of carbonyl (C=O) groups is 1. The molecule has 2 aliphatic rings. The minimum atomic E-state index is -0.209. The highest BCUT2D eigenvalue weighted by atomic mass is 79.9. The Labute approximate surface area is 205 Å². The van der Waals surface area contributed by atoms with E-state index in [2.05, 4.69) is 31.4 Å². The first-order chi connectivity index (χ1) is 16.5. The smallest absolute Gasteiger partial charge is 0.327 e. The largest absolute Gasteiger partial charge is 0.486 e. The summed E-state index contributed by atoms with van der Waals surface area (Å²) in [4.78, 5) is 25.8. The first kappa shape index (κ1) is 22.6. The molecule has 0 unspecified atom stereocenters. The molecule has 1 aliphatic carbocycles. The number of carbonyl (C=O) groups excluding carboxylic acids is 1. The maximum atomic E-state index is 11.7. The minimum absolute atomic E-state index is 0.0399. The molecule has 0 amide bonds. The lowest BCUT2D eigenvalue weighted by Crippen LogP contribution is -2.22. The number of benzene rings is 2. The Bertz CT molecular complexity index is 1220. The predicted molar refractivity (Wildman–Crippen MR) is 128 cm³/mol. The highest BCUT2D eigenvalue weighted by Crippen LogP contribution is 2.41. The number of hydrogen-bond donors (Lipinski definition) is 1. The molecule has 2 heterocycles. The van der Waals surface area contributed by atoms with Crippen LogP contribution in [0.5, 0.6) is 23.3 Å². The molecular weight excluding hydrogens is 502 g/mol. The van der Waals surface area contributed by atoms with Crippen LogP contribution in [0.25, 0.3) is 11.1 Å². The molecule has 8 nitrogen and oxygen atoms in total. The topological polar surface area (TPSA) is 91.8 Å². The van der Waals surface area contributed by atoms with Gasteiger partial charge in [-0.05, 0) is 71.9 Å². The van der Waals surface area contributed by atoms with Gasteiger partial charge in [0.25, 0.3) is 0 Å². The van der Waals surface area contributed by atoms with Crippen molar-refractivity contribution in [2.24, 2.45) is 5.92 Å². The van der Waals surface area contributed by atoms with Gasteiger partial charge in [0.05, 0.1) is 16.9 Å². The van der Waals surface area contributed by atoms with Crippen molar-refractivity contribution >= 4 is 21.9 Å². The van der Waals surface area contributed by atoms with Crippen LogP contribution in [0.1, 0.15) is 29.8 Å². The zero-order chi connectivity index (χ0) is 23.7. The standard InChI is InChI=1S/C25H24BrN3O5/c1-14-19(13-27-34-24(30)16-6-7-16)15(2)29-25(28-14)33-21-5-3-4-18(23(21)26)17-8-9-20-22(12-17)32-11-10-31-20/h3-5,8-9,12,16,27H,6-7,10-11,13H2,1-2H3. The summed E-state index contributed by atoms with van der Waals surface area (Å²) in [5.74, 6) is 1.89. The second-order valence-corrected chi connectivity index (χ2v) is 9.04. The maximum Gasteiger partial charge on any atom is 0.327 e. The lowest BCUT2D eigenvalue weighted by molar-refractivity contribution is -0.153. The van der Waals surface area contributed by atoms with Gasteiger partial charge in [0.15, 0.2) is 11.5 Å². The summed E-state index contributed by atoms with van der Waals surface area (Å²) < 4.78 is 18.2. The van der Waals surface area contributed by atoms with Gasteiger partial charge in [0.2, 0.25) is 0 Å². The van der Waals surface area contributed by atoms with Crippen molar-refractivity contribution in [3.63, 3.8) is 0 Å². The van der Waals surface area contributed by atoms with Crippen molar-refractivity contribution in [2.75, 3.05) is 13.2 Å². The van der Waals surface area contributed by atoms with Gasteiger partial charge in [-0.15, -0.1) is 5.48 Å². The second-order valence-electron chi connectivity index (χ2n) is 8.25. The molecule has 1 N–H and O–H groups in total. The summed E-state index contributed by atoms with van der Waals surface area (Å²) in [7, 11) is 0. The summed E-state index contributed by atoms with van der Waals surface area (Å²) >= 11 is 3.68. The number of fused-ring (bicyclic) bond motifs is 1. The number of ether oxygens (including phenoxy) is 3. The van der Waals surface area contributed by atoms with Crippen molar-refractivity contribution < 1.29 is 23.8 Å². The molecule has 0 bridgehead atoms. The summed E-state index contributed by atoms with van der Waals surface area (Å²) in [6.07, 6.45) is 1.80. The molecular formula is C25H24BrN3O5. The van der Waals surface area contributed by atoms with Crippen LogP contribution in [0.3, 0.4) is 0 Å². The van der Waals surface area contributed by atoms with E-state index in [9.17, 15) is 4.79 Å². The molecule has 1 aliphatic heterocycles. The van der Waals surface area contributed by atoms with E-state index in [-0.39, 0.29) is 17.9 Å². The van der Waals surface area contributed by atoms with Crippen LogP contribution >= 0.6 is 15.9 Å². The minimum Gasteiger partial charge on any atom is -0.486 e. The molecule has 0 radical (unpaired) electrons. The Morgan fingerprint density at radius 3 is 2.56 bits per heavy atom. The van der Waals surface area contributed by atoms with E-state index in [1.54, 1.807) is 0 Å². The van der Waals surface area contributed by atoms with E-state index in [0.717, 1.165) is 56.9 Å². The average molecular weight is 526 g/mol. The quantitative estimate of drug-likeness (QED) is 0.428. The summed E-state index contributed by atoms with van der Waals surface area (Å²) in [6.45, 7) is 5.17. The Hall–Kier alpha value is -3.17. The van der Waals surface area contributed by atoms with E-state index in [0.29, 0.717) is 25.5 Å². The van der Waals surface area contributed by atoms with Crippen molar-refractivity contribution in [3.8, 4) is 34.4 Å². The fraction of sp³-hybridized carbons (Fsp3) is 0.320. The van der Waals surface area contributed by atoms with Crippen LogP contribution in [-0.4, -0.2) is 29.2 Å². The second kappa shape index (κ2) is 9.60. The zero-order valence-electron chi connectivity index (χ0n) is 18.9. The number of hydrogen-bond acceptors (Lipinski definition) is 8. The van der Waals surface area contributed by atoms with Gasteiger partial charge in [-0.3, -0.25) is 4.79 Å². The Morgan fingerprint density at radius 1 is 1.09 bits per heavy atom. The van der Waals surface area contributed by atoms with E-state index >= 15 is 0 Å². The monoisotopic (exact) mass is 525 g/mol. The number of nitrogens with zero attached hydrogens (tertiary/aromatic N) is 2. The summed E-state index contributed by atoms with van der Waals surface area (Å²) in [5.41, 5.74) is 7.00. The Balaban J connectivity index is 1.33. The van der Waals surface area contributed by atoms with Crippen LogP contribution < -0.4 is 19.7 Å². The molecule has 176 valence electrons. The SMILES string of the molecule is Cc1nc(Oc2cccc(-c3ccc4c(c3)OCCO4)c2Br)nc(C)c1CNOC(=O)C1CC1. The first-order valence-corrected chi connectivity index (χ1v) is 11.9. The highest BCUT2D eigenvalue weighted by Gasteiger charge is 2.31. The Kier molecular flexibility index (Phi) is 6.38. The number of aryl methyl sites for hydroxylation is 2. The number of hydroxylamine groups is 1. The van der Waals surface area contributed by atoms with Gasteiger partial charge in [0, 0.05) is 17.0 Å². The van der Waals surface area contributed by atoms with E-state index in [1.165, 1.54) is 0 Å². The van der Waals surface area contributed by atoms with Gasteiger partial charge in [-0.2, -0.15) is 9.97 Å². The maximum absolute atomic E-state index is 11.7. The van der Waals surface area contributed by atoms with E-state index in [1.807, 2.05) is 50.2 Å². The molecule has 3 aromatic rings. The molecule has 1 aromatic heterocycles. The van der Waals surface area contributed by atoms with Crippen LogP contribution in [0, 0.1) is 19.8 Å². The number of aromatic nitrogens is 2. The molecule has 34 heavy (non-hydrogen) atoms.